The molecule has 2 unspecified atom stereocenters. The summed E-state index contributed by atoms with van der Waals surface area (Å²) in [6.07, 6.45) is 11.2. The van der Waals surface area contributed by atoms with Gasteiger partial charge in [0.2, 0.25) is 0 Å². The van der Waals surface area contributed by atoms with Crippen molar-refractivity contribution in [2.45, 2.75) is 92.3 Å². The summed E-state index contributed by atoms with van der Waals surface area (Å²) >= 11 is 2.87. The third-order valence-electron chi connectivity index (χ3n) is 5.86. The van der Waals surface area contributed by atoms with E-state index in [-0.39, 0.29) is 5.56 Å². The predicted octanol–water partition coefficient (Wildman–Crippen LogP) is 7.68. The fourth-order valence-electron chi connectivity index (χ4n) is 3.90. The Balaban J connectivity index is 1.95. The average molecular weight is 519 g/mol. The van der Waals surface area contributed by atoms with Gasteiger partial charge in [-0.2, -0.15) is 0 Å². The minimum atomic E-state index is -1.62. The number of aromatic carboxylic acids is 1. The highest BCUT2D eigenvalue weighted by Crippen LogP contribution is 2.42. The standard InChI is InChI=1S/C28H38O5S2/c1-2-3-4-5-6-7-8-9-10-13-19-34-24-18-12-11-17-23(24)26(25(29)28(32)33)35-22-16-14-15-21(20-22)27(30)31/h11-12,14-18,20,25-26,29H,2-10,13,19H2,1H3,(H,30,31)(H,32,33). The zero-order valence-corrected chi connectivity index (χ0v) is 22.2. The molecule has 0 saturated carbocycles. The number of rotatable bonds is 18. The first kappa shape index (κ1) is 29.3. The van der Waals surface area contributed by atoms with Crippen molar-refractivity contribution in [2.75, 3.05) is 5.75 Å². The van der Waals surface area contributed by atoms with Crippen LogP contribution in [0.25, 0.3) is 0 Å². The Morgan fingerprint density at radius 2 is 1.46 bits per heavy atom. The molecule has 2 aromatic rings. The largest absolute Gasteiger partial charge is 0.479 e. The van der Waals surface area contributed by atoms with Crippen molar-refractivity contribution in [1.29, 1.82) is 0 Å². The van der Waals surface area contributed by atoms with Gasteiger partial charge >= 0.3 is 11.9 Å². The molecule has 0 spiro atoms. The molecule has 0 aliphatic rings. The molecule has 0 radical (unpaired) electrons. The van der Waals surface area contributed by atoms with Crippen LogP contribution in [0.2, 0.25) is 0 Å². The van der Waals surface area contributed by atoms with E-state index in [9.17, 15) is 24.9 Å². The molecule has 35 heavy (non-hydrogen) atoms. The molecule has 0 heterocycles. The van der Waals surface area contributed by atoms with Gasteiger partial charge in [-0.1, -0.05) is 89.0 Å². The normalized spacial score (nSPS) is 12.9. The first-order valence-electron chi connectivity index (χ1n) is 12.6. The predicted molar refractivity (Wildman–Crippen MR) is 145 cm³/mol. The lowest BCUT2D eigenvalue weighted by Crippen LogP contribution is -2.26. The number of carboxylic acids is 2. The Morgan fingerprint density at radius 3 is 2.09 bits per heavy atom. The summed E-state index contributed by atoms with van der Waals surface area (Å²) in [7, 11) is 0. The fraction of sp³-hybridized carbons (Fsp3) is 0.500. The molecule has 0 fully saturated rings. The third-order valence-corrected chi connectivity index (χ3v) is 8.33. The average Bonchev–Trinajstić information content (AvgIpc) is 2.86. The smallest absolute Gasteiger partial charge is 0.335 e. The monoisotopic (exact) mass is 518 g/mol. The second-order valence-electron chi connectivity index (χ2n) is 8.72. The maximum atomic E-state index is 11.7. The molecule has 2 aromatic carbocycles. The quantitative estimate of drug-likeness (QED) is 0.138. The first-order chi connectivity index (χ1) is 16.9. The SMILES string of the molecule is CCCCCCCCCCCCSc1ccccc1C(Sc1cccc(C(=O)O)c1)C(O)C(=O)O. The molecule has 7 heteroatoms. The van der Waals surface area contributed by atoms with E-state index in [1.54, 1.807) is 23.9 Å². The summed E-state index contributed by atoms with van der Waals surface area (Å²) in [5, 5.41) is 28.6. The van der Waals surface area contributed by atoms with Gasteiger partial charge in [0.05, 0.1) is 10.8 Å². The summed E-state index contributed by atoms with van der Waals surface area (Å²) in [6, 6.07) is 13.9. The number of thioether (sulfide) groups is 2. The summed E-state index contributed by atoms with van der Waals surface area (Å²) < 4.78 is 0. The number of hydrogen-bond donors (Lipinski definition) is 3. The maximum absolute atomic E-state index is 11.7. The van der Waals surface area contributed by atoms with E-state index < -0.39 is 23.3 Å². The second-order valence-corrected chi connectivity index (χ2v) is 11.1. The Labute approximate surface area is 217 Å². The van der Waals surface area contributed by atoms with Crippen molar-refractivity contribution in [1.82, 2.24) is 0 Å². The molecule has 5 nitrogen and oxygen atoms in total. The number of hydrogen-bond acceptors (Lipinski definition) is 5. The number of benzene rings is 2. The van der Waals surface area contributed by atoms with E-state index in [0.717, 1.165) is 22.6 Å². The minimum absolute atomic E-state index is 0.127. The summed E-state index contributed by atoms with van der Waals surface area (Å²) in [5.74, 6) is -1.41. The molecular weight excluding hydrogens is 480 g/mol. The number of carbonyl (C=O) groups is 2. The van der Waals surface area contributed by atoms with Crippen LogP contribution in [0, 0.1) is 0 Å². The van der Waals surface area contributed by atoms with Crippen molar-refractivity contribution in [3.05, 3.63) is 59.7 Å². The van der Waals surface area contributed by atoms with Crippen LogP contribution < -0.4 is 0 Å². The lowest BCUT2D eigenvalue weighted by molar-refractivity contribution is -0.146. The zero-order chi connectivity index (χ0) is 25.5. The number of aliphatic hydroxyl groups excluding tert-OH is 1. The first-order valence-corrected chi connectivity index (χ1v) is 14.4. The van der Waals surface area contributed by atoms with E-state index >= 15 is 0 Å². The molecule has 0 amide bonds. The molecule has 3 N–H and O–H groups in total. The van der Waals surface area contributed by atoms with Crippen LogP contribution in [0.5, 0.6) is 0 Å². The van der Waals surface area contributed by atoms with Crippen LogP contribution in [0.3, 0.4) is 0 Å². The minimum Gasteiger partial charge on any atom is -0.479 e. The van der Waals surface area contributed by atoms with Crippen LogP contribution in [-0.2, 0) is 4.79 Å². The van der Waals surface area contributed by atoms with Crippen LogP contribution in [0.1, 0.15) is 92.3 Å². The van der Waals surface area contributed by atoms with Gasteiger partial charge in [0.25, 0.3) is 0 Å². The van der Waals surface area contributed by atoms with E-state index in [2.05, 4.69) is 6.92 Å². The highest BCUT2D eigenvalue weighted by molar-refractivity contribution is 8.00. The van der Waals surface area contributed by atoms with Crippen LogP contribution >= 0.6 is 23.5 Å². The highest BCUT2D eigenvalue weighted by Gasteiger charge is 2.30. The summed E-state index contributed by atoms with van der Waals surface area (Å²) in [4.78, 5) is 24.6. The molecule has 0 aliphatic carbocycles. The Bertz CT molecular complexity index is 918. The van der Waals surface area contributed by atoms with Crippen molar-refractivity contribution < 1.29 is 24.9 Å². The molecule has 192 valence electrons. The molecule has 0 aliphatic heterocycles. The van der Waals surface area contributed by atoms with E-state index in [1.807, 2.05) is 24.3 Å². The van der Waals surface area contributed by atoms with E-state index in [1.165, 1.54) is 81.7 Å². The van der Waals surface area contributed by atoms with E-state index in [4.69, 9.17) is 0 Å². The fourth-order valence-corrected chi connectivity index (χ4v) is 6.30. The second kappa shape index (κ2) is 16.7. The van der Waals surface area contributed by atoms with E-state index in [0.29, 0.717) is 4.90 Å². The molecular formula is C28H38O5S2. The maximum Gasteiger partial charge on any atom is 0.335 e. The van der Waals surface area contributed by atoms with Gasteiger partial charge in [-0.15, -0.1) is 23.5 Å². The number of unbranched alkanes of at least 4 members (excludes halogenated alkanes) is 9. The van der Waals surface area contributed by atoms with Gasteiger partial charge in [0.1, 0.15) is 0 Å². The van der Waals surface area contributed by atoms with Gasteiger partial charge in [-0.3, -0.25) is 0 Å². The molecule has 2 rings (SSSR count). The third kappa shape index (κ3) is 10.7. The van der Waals surface area contributed by atoms with Crippen molar-refractivity contribution in [3.8, 4) is 0 Å². The van der Waals surface area contributed by atoms with Crippen LogP contribution in [0.15, 0.2) is 58.3 Å². The number of carboxylic acid groups (broad SMARTS) is 2. The summed E-state index contributed by atoms with van der Waals surface area (Å²) in [6.45, 7) is 2.24. The molecule has 0 bridgehead atoms. The lowest BCUT2D eigenvalue weighted by atomic mass is 10.1. The van der Waals surface area contributed by atoms with Gasteiger partial charge < -0.3 is 15.3 Å². The summed E-state index contributed by atoms with van der Waals surface area (Å²) in [5.41, 5.74) is 0.882. The Morgan fingerprint density at radius 1 is 0.829 bits per heavy atom. The van der Waals surface area contributed by atoms with Crippen molar-refractivity contribution in [3.63, 3.8) is 0 Å². The Hall–Kier alpha value is -1.96. The highest BCUT2D eigenvalue weighted by atomic mass is 32.2. The van der Waals surface area contributed by atoms with Crippen molar-refractivity contribution in [2.24, 2.45) is 0 Å². The molecule has 0 saturated heterocycles. The Kier molecular flexibility index (Phi) is 13.9. The zero-order valence-electron chi connectivity index (χ0n) is 20.5. The molecule has 2 atom stereocenters. The number of aliphatic hydroxyl groups is 1. The van der Waals surface area contributed by atoms with Gasteiger partial charge in [0, 0.05) is 9.79 Å². The van der Waals surface area contributed by atoms with Crippen molar-refractivity contribution >= 4 is 35.5 Å². The van der Waals surface area contributed by atoms with Crippen LogP contribution in [0.4, 0.5) is 0 Å². The van der Waals surface area contributed by atoms with Gasteiger partial charge in [0.15, 0.2) is 6.10 Å². The number of aliphatic carboxylic acids is 1. The molecule has 0 aromatic heterocycles. The van der Waals surface area contributed by atoms with Gasteiger partial charge in [-0.25, -0.2) is 9.59 Å². The van der Waals surface area contributed by atoms with Crippen LogP contribution in [-0.4, -0.2) is 39.1 Å². The lowest BCUT2D eigenvalue weighted by Gasteiger charge is -2.22. The topological polar surface area (TPSA) is 94.8 Å². The van der Waals surface area contributed by atoms with Gasteiger partial charge in [-0.05, 0) is 42.0 Å².